The molecule has 8 N–H and O–H groups in total. The molecule has 0 radical (unpaired) electrons. The molecule has 9 unspecified atom stereocenters. The van der Waals surface area contributed by atoms with Crippen molar-refractivity contribution in [3.63, 3.8) is 0 Å². The summed E-state index contributed by atoms with van der Waals surface area (Å²) in [7, 11) is 0. The number of nitrogens with one attached hydrogen (secondary N) is 1. The lowest BCUT2D eigenvalue weighted by atomic mass is 9.98. The zero-order valence-electron chi connectivity index (χ0n) is 36.6. The second kappa shape index (κ2) is 36.9. The zero-order valence-corrected chi connectivity index (χ0v) is 36.6. The van der Waals surface area contributed by atoms with Gasteiger partial charge < -0.3 is 50.5 Å². The molecule has 57 heavy (non-hydrogen) atoms. The summed E-state index contributed by atoms with van der Waals surface area (Å²) in [5.41, 5.74) is 0. The maximum Gasteiger partial charge on any atom is 0.249 e. The summed E-state index contributed by atoms with van der Waals surface area (Å²) in [5, 5.41) is 75.0. The largest absolute Gasteiger partial charge is 0.394 e. The van der Waals surface area contributed by atoms with Gasteiger partial charge in [-0.05, 0) is 12.8 Å². The summed E-state index contributed by atoms with van der Waals surface area (Å²) in [6, 6.07) is -1.16. The molecule has 11 heteroatoms. The van der Waals surface area contributed by atoms with Gasteiger partial charge in [-0.2, -0.15) is 0 Å². The van der Waals surface area contributed by atoms with Crippen LogP contribution >= 0.6 is 0 Å². The van der Waals surface area contributed by atoms with E-state index in [4.69, 9.17) is 9.47 Å². The van der Waals surface area contributed by atoms with Crippen molar-refractivity contribution in [2.75, 3.05) is 13.2 Å². The van der Waals surface area contributed by atoms with Gasteiger partial charge in [-0.15, -0.1) is 0 Å². The van der Waals surface area contributed by atoms with Gasteiger partial charge in [0.2, 0.25) is 5.91 Å². The third-order valence-electron chi connectivity index (χ3n) is 11.9. The molecule has 1 aliphatic rings. The molecule has 1 rings (SSSR count). The van der Waals surface area contributed by atoms with Crippen LogP contribution in [-0.2, 0) is 14.3 Å². The number of rotatable bonds is 40. The minimum atomic E-state index is -1.65. The maximum atomic E-state index is 13.0. The number of hydrogen-bond donors (Lipinski definition) is 8. The van der Waals surface area contributed by atoms with Crippen molar-refractivity contribution in [1.29, 1.82) is 0 Å². The fraction of sp³-hybridized carbons (Fsp3) is 0.978. The summed E-state index contributed by atoms with van der Waals surface area (Å²) in [5.74, 6) is -0.698. The van der Waals surface area contributed by atoms with Gasteiger partial charge in [-0.25, -0.2) is 0 Å². The standard InChI is InChI=1S/C46H91NO10/c1-3-5-7-9-10-11-12-13-14-15-16-17-18-19-20-21-22-23-24-25-26-27-28-30-32-34-39(50)45(55)47-37(41(51)38(49)33-31-29-8-6-4-2)36-56-46-44(54)43(53)42(52)40(35-48)57-46/h37-44,46,48-54H,3-36H2,1-2H3,(H,47,55). The van der Waals surface area contributed by atoms with Crippen LogP contribution < -0.4 is 5.32 Å². The Hall–Kier alpha value is -0.890. The Bertz CT molecular complexity index is 897. The highest BCUT2D eigenvalue weighted by atomic mass is 16.7. The molecule has 1 heterocycles. The SMILES string of the molecule is CCCCCCCCCCCCCCCCCCCCCCCCCCCC(O)C(=O)NC(COC1OC(CO)C(O)C(O)C1O)C(O)C(O)CCCCCCC. The van der Waals surface area contributed by atoms with E-state index in [0.29, 0.717) is 19.3 Å². The van der Waals surface area contributed by atoms with Crippen molar-refractivity contribution in [3.05, 3.63) is 0 Å². The second-order valence-electron chi connectivity index (χ2n) is 17.2. The van der Waals surface area contributed by atoms with E-state index in [-0.39, 0.29) is 6.42 Å². The minimum Gasteiger partial charge on any atom is -0.394 e. The van der Waals surface area contributed by atoms with Crippen LogP contribution in [0.25, 0.3) is 0 Å². The average molecular weight is 818 g/mol. The van der Waals surface area contributed by atoms with Gasteiger partial charge in [-0.3, -0.25) is 4.79 Å². The highest BCUT2D eigenvalue weighted by molar-refractivity contribution is 5.80. The molecule has 340 valence electrons. The van der Waals surface area contributed by atoms with E-state index in [9.17, 15) is 40.5 Å². The number of unbranched alkanes of at least 4 members (excludes halogenated alkanes) is 28. The van der Waals surface area contributed by atoms with E-state index in [1.807, 2.05) is 0 Å². The summed E-state index contributed by atoms with van der Waals surface area (Å²) in [4.78, 5) is 13.0. The molecule has 1 amide bonds. The third kappa shape index (κ3) is 26.8. The molecule has 0 saturated carbocycles. The monoisotopic (exact) mass is 818 g/mol. The van der Waals surface area contributed by atoms with E-state index in [1.54, 1.807) is 0 Å². The third-order valence-corrected chi connectivity index (χ3v) is 11.9. The molecule has 9 atom stereocenters. The topological polar surface area (TPSA) is 189 Å². The molecule has 1 aliphatic heterocycles. The Balaban J connectivity index is 2.20. The Morgan fingerprint density at radius 3 is 1.30 bits per heavy atom. The van der Waals surface area contributed by atoms with Gasteiger partial charge in [0.1, 0.15) is 36.6 Å². The van der Waals surface area contributed by atoms with Crippen LogP contribution in [0.1, 0.15) is 219 Å². The first kappa shape index (κ1) is 54.1. The number of ether oxygens (including phenoxy) is 2. The number of amides is 1. The van der Waals surface area contributed by atoms with Gasteiger partial charge in [0.15, 0.2) is 6.29 Å². The average Bonchev–Trinajstić information content (AvgIpc) is 3.21. The van der Waals surface area contributed by atoms with Crippen LogP contribution in [0.4, 0.5) is 0 Å². The van der Waals surface area contributed by atoms with Crippen LogP contribution in [-0.4, -0.2) is 110 Å². The predicted molar refractivity (Wildman–Crippen MR) is 229 cm³/mol. The Morgan fingerprint density at radius 1 is 0.544 bits per heavy atom. The van der Waals surface area contributed by atoms with Crippen LogP contribution in [0.2, 0.25) is 0 Å². The highest BCUT2D eigenvalue weighted by Crippen LogP contribution is 2.23. The Morgan fingerprint density at radius 2 is 0.912 bits per heavy atom. The van der Waals surface area contributed by atoms with Gasteiger partial charge in [0, 0.05) is 0 Å². The fourth-order valence-electron chi connectivity index (χ4n) is 7.91. The summed E-state index contributed by atoms with van der Waals surface area (Å²) >= 11 is 0. The molecule has 1 saturated heterocycles. The number of hydrogen-bond acceptors (Lipinski definition) is 10. The molecule has 0 bridgehead atoms. The van der Waals surface area contributed by atoms with E-state index >= 15 is 0 Å². The van der Waals surface area contributed by atoms with Crippen LogP contribution in [0, 0.1) is 0 Å². The van der Waals surface area contributed by atoms with Crippen molar-refractivity contribution in [1.82, 2.24) is 5.32 Å². The van der Waals surface area contributed by atoms with Crippen molar-refractivity contribution in [2.45, 2.75) is 274 Å². The lowest BCUT2D eigenvalue weighted by Crippen LogP contribution is -2.60. The van der Waals surface area contributed by atoms with Crippen LogP contribution in [0.5, 0.6) is 0 Å². The van der Waals surface area contributed by atoms with Gasteiger partial charge in [0.05, 0.1) is 25.4 Å². The van der Waals surface area contributed by atoms with E-state index in [2.05, 4.69) is 19.2 Å². The van der Waals surface area contributed by atoms with E-state index in [0.717, 1.165) is 44.9 Å². The normalized spacial score (nSPS) is 22.0. The first-order valence-corrected chi connectivity index (χ1v) is 23.9. The predicted octanol–water partition coefficient (Wildman–Crippen LogP) is 7.89. The van der Waals surface area contributed by atoms with Crippen LogP contribution in [0.3, 0.4) is 0 Å². The molecule has 1 fully saturated rings. The van der Waals surface area contributed by atoms with E-state index < -0.39 is 74.2 Å². The molecule has 11 nitrogen and oxygen atoms in total. The summed E-state index contributed by atoms with van der Waals surface area (Å²) in [6.45, 7) is 3.34. The molecule has 0 aromatic carbocycles. The number of aliphatic hydroxyl groups excluding tert-OH is 7. The minimum absolute atomic E-state index is 0.265. The first-order valence-electron chi connectivity index (χ1n) is 23.9. The van der Waals surface area contributed by atoms with Gasteiger partial charge in [0.25, 0.3) is 0 Å². The maximum absolute atomic E-state index is 13.0. The number of carbonyl (C=O) groups excluding carboxylic acids is 1. The Labute approximate surface area is 348 Å². The lowest BCUT2D eigenvalue weighted by molar-refractivity contribution is -0.303. The molecule has 0 aromatic heterocycles. The van der Waals surface area contributed by atoms with Gasteiger partial charge in [-0.1, -0.05) is 206 Å². The first-order chi connectivity index (χ1) is 27.7. The van der Waals surface area contributed by atoms with Crippen LogP contribution in [0.15, 0.2) is 0 Å². The fourth-order valence-corrected chi connectivity index (χ4v) is 7.91. The van der Waals surface area contributed by atoms with Crippen molar-refractivity contribution >= 4 is 5.91 Å². The highest BCUT2D eigenvalue weighted by Gasteiger charge is 2.44. The number of aliphatic hydroxyl groups is 7. The molecular formula is C46H91NO10. The van der Waals surface area contributed by atoms with Crippen molar-refractivity contribution < 1.29 is 50.0 Å². The van der Waals surface area contributed by atoms with Crippen molar-refractivity contribution in [3.8, 4) is 0 Å². The van der Waals surface area contributed by atoms with Gasteiger partial charge >= 0.3 is 0 Å². The molecule has 0 spiro atoms. The number of carbonyl (C=O) groups is 1. The molecule has 0 aromatic rings. The lowest BCUT2D eigenvalue weighted by Gasteiger charge is -2.40. The quantitative estimate of drug-likeness (QED) is 0.0283. The summed E-state index contributed by atoms with van der Waals surface area (Å²) < 4.78 is 11.0. The molecule has 0 aliphatic carbocycles. The second-order valence-corrected chi connectivity index (χ2v) is 17.2. The Kier molecular flexibility index (Phi) is 35.1. The van der Waals surface area contributed by atoms with Crippen molar-refractivity contribution in [2.24, 2.45) is 0 Å². The smallest absolute Gasteiger partial charge is 0.249 e. The van der Waals surface area contributed by atoms with E-state index in [1.165, 1.54) is 135 Å². The molecular weight excluding hydrogens is 727 g/mol. The summed E-state index contributed by atoms with van der Waals surface area (Å²) in [6.07, 6.45) is 26.6. The zero-order chi connectivity index (χ0) is 41.9.